The lowest BCUT2D eigenvalue weighted by Gasteiger charge is -2.41. The average molecular weight is 515 g/mol. The predicted octanol–water partition coefficient (Wildman–Crippen LogP) is 3.49. The van der Waals surface area contributed by atoms with Crippen LogP contribution in [0.15, 0.2) is 41.3 Å². The molecule has 2 aliphatic heterocycles. The molecule has 2 heterocycles. The molecule has 1 saturated heterocycles. The molecule has 0 bridgehead atoms. The van der Waals surface area contributed by atoms with E-state index in [1.54, 1.807) is 24.3 Å². The van der Waals surface area contributed by atoms with Crippen LogP contribution in [0.2, 0.25) is 10.0 Å². The quantitative estimate of drug-likeness (QED) is 0.605. The highest BCUT2D eigenvalue weighted by atomic mass is 35.5. The highest BCUT2D eigenvalue weighted by molar-refractivity contribution is 7.89. The average Bonchev–Trinajstić information content (AvgIpc) is 2.78. The molecule has 0 aromatic heterocycles. The minimum Gasteiger partial charge on any atom is -0.493 e. The van der Waals surface area contributed by atoms with Crippen molar-refractivity contribution >= 4 is 39.1 Å². The predicted molar refractivity (Wildman–Crippen MR) is 124 cm³/mol. The van der Waals surface area contributed by atoms with Gasteiger partial charge in [0.15, 0.2) is 11.5 Å². The van der Waals surface area contributed by atoms with Crippen molar-refractivity contribution in [3.8, 4) is 17.2 Å². The highest BCUT2D eigenvalue weighted by Crippen LogP contribution is 2.41. The first-order valence-corrected chi connectivity index (χ1v) is 12.6. The van der Waals surface area contributed by atoms with Gasteiger partial charge < -0.3 is 19.9 Å². The van der Waals surface area contributed by atoms with E-state index in [0.717, 1.165) is 0 Å². The second kappa shape index (κ2) is 9.58. The Bertz CT molecular complexity index is 1140. The number of hydrogen-bond acceptors (Lipinski definition) is 6. The van der Waals surface area contributed by atoms with Gasteiger partial charge >= 0.3 is 0 Å². The standard InChI is InChI=1S/C22H24Cl2N2O6S/c23-15-2-4-16(5-3-15)32-14-22(12-21(25)27)6-1-7-26(13-22)33(28,29)20-11-19-18(10-17(20)24)30-8-9-31-19/h2-5,10-11H,1,6-9,12-14H2,(H2,25,27). The van der Waals surface area contributed by atoms with Gasteiger partial charge in [-0.3, -0.25) is 4.79 Å². The number of fused-ring (bicyclic) bond motifs is 1. The summed E-state index contributed by atoms with van der Waals surface area (Å²) in [5.41, 5.74) is 4.75. The van der Waals surface area contributed by atoms with E-state index in [-0.39, 0.29) is 36.0 Å². The maximum atomic E-state index is 13.6. The van der Waals surface area contributed by atoms with Gasteiger partial charge in [0, 0.05) is 42.1 Å². The van der Waals surface area contributed by atoms with Crippen molar-refractivity contribution in [1.82, 2.24) is 4.31 Å². The fourth-order valence-electron chi connectivity index (χ4n) is 4.20. The van der Waals surface area contributed by atoms with Crippen molar-refractivity contribution in [2.75, 3.05) is 32.9 Å². The topological polar surface area (TPSA) is 108 Å². The van der Waals surface area contributed by atoms with Crippen molar-refractivity contribution in [3.63, 3.8) is 0 Å². The number of sulfonamides is 1. The zero-order valence-electron chi connectivity index (χ0n) is 17.8. The zero-order valence-corrected chi connectivity index (χ0v) is 20.1. The molecule has 33 heavy (non-hydrogen) atoms. The van der Waals surface area contributed by atoms with Crippen molar-refractivity contribution < 1.29 is 27.4 Å². The number of hydrogen-bond donors (Lipinski definition) is 1. The van der Waals surface area contributed by atoms with E-state index >= 15 is 0 Å². The van der Waals surface area contributed by atoms with E-state index in [2.05, 4.69) is 0 Å². The van der Waals surface area contributed by atoms with Gasteiger partial charge in [-0.05, 0) is 37.1 Å². The highest BCUT2D eigenvalue weighted by Gasteiger charge is 2.42. The summed E-state index contributed by atoms with van der Waals surface area (Å²) in [5, 5.41) is 0.614. The smallest absolute Gasteiger partial charge is 0.244 e. The number of carbonyl (C=O) groups is 1. The van der Waals surface area contributed by atoms with Gasteiger partial charge in [-0.15, -0.1) is 0 Å². The molecular formula is C22H24Cl2N2O6S. The van der Waals surface area contributed by atoms with Crippen LogP contribution in [0.5, 0.6) is 17.2 Å². The molecule has 2 aromatic carbocycles. The summed E-state index contributed by atoms with van der Waals surface area (Å²) in [5.74, 6) is 0.781. The van der Waals surface area contributed by atoms with E-state index in [0.29, 0.717) is 48.3 Å². The van der Waals surface area contributed by atoms with Crippen molar-refractivity contribution in [2.24, 2.45) is 11.1 Å². The van der Waals surface area contributed by atoms with Gasteiger partial charge in [-0.2, -0.15) is 4.31 Å². The van der Waals surface area contributed by atoms with Gasteiger partial charge in [-0.1, -0.05) is 23.2 Å². The van der Waals surface area contributed by atoms with Gasteiger partial charge in [0.1, 0.15) is 23.9 Å². The minimum absolute atomic E-state index is 0.0124. The van der Waals surface area contributed by atoms with Crippen LogP contribution in [0, 0.1) is 5.41 Å². The molecule has 0 spiro atoms. The number of carbonyl (C=O) groups excluding carboxylic acids is 1. The van der Waals surface area contributed by atoms with Crippen LogP contribution >= 0.6 is 23.2 Å². The fourth-order valence-corrected chi connectivity index (χ4v) is 6.42. The first kappa shape index (κ1) is 23.9. The van der Waals surface area contributed by atoms with Crippen LogP contribution in [0.4, 0.5) is 0 Å². The molecule has 1 fully saturated rings. The number of halogens is 2. The molecule has 2 aromatic rings. The van der Waals surface area contributed by atoms with Crippen LogP contribution in [0.25, 0.3) is 0 Å². The number of benzene rings is 2. The molecule has 4 rings (SSSR count). The largest absolute Gasteiger partial charge is 0.493 e. The molecule has 8 nitrogen and oxygen atoms in total. The number of amides is 1. The van der Waals surface area contributed by atoms with Gasteiger partial charge in [0.2, 0.25) is 15.9 Å². The summed E-state index contributed by atoms with van der Waals surface area (Å²) in [6.07, 6.45) is 1.12. The number of ether oxygens (including phenoxy) is 3. The first-order valence-electron chi connectivity index (χ1n) is 10.4. The van der Waals surface area contributed by atoms with Gasteiger partial charge in [0.25, 0.3) is 0 Å². The molecule has 1 amide bonds. The Kier molecular flexibility index (Phi) is 6.95. The van der Waals surface area contributed by atoms with Crippen molar-refractivity contribution in [3.05, 3.63) is 46.4 Å². The van der Waals surface area contributed by atoms with Crippen molar-refractivity contribution in [2.45, 2.75) is 24.2 Å². The van der Waals surface area contributed by atoms with Crippen LogP contribution < -0.4 is 19.9 Å². The summed E-state index contributed by atoms with van der Waals surface area (Å²) in [6, 6.07) is 9.66. The normalized spacial score (nSPS) is 20.9. The number of primary amides is 1. The summed E-state index contributed by atoms with van der Waals surface area (Å²) < 4.78 is 45.4. The SMILES string of the molecule is NC(=O)CC1(COc2ccc(Cl)cc2)CCCN(S(=O)(=O)c2cc3c(cc2Cl)OCCO3)C1. The van der Waals surface area contributed by atoms with Crippen LogP contribution in [0.1, 0.15) is 19.3 Å². The van der Waals surface area contributed by atoms with Crippen LogP contribution in [-0.2, 0) is 14.8 Å². The summed E-state index contributed by atoms with van der Waals surface area (Å²) >= 11 is 12.2. The third kappa shape index (κ3) is 5.32. The Labute approximate surface area is 202 Å². The third-order valence-electron chi connectivity index (χ3n) is 5.75. The molecule has 2 N–H and O–H groups in total. The minimum atomic E-state index is -3.98. The first-order chi connectivity index (χ1) is 15.7. The zero-order chi connectivity index (χ0) is 23.6. The maximum absolute atomic E-state index is 13.6. The lowest BCUT2D eigenvalue weighted by Crippen LogP contribution is -2.50. The second-order valence-corrected chi connectivity index (χ2v) is 11.0. The molecule has 0 radical (unpaired) electrons. The van der Waals surface area contributed by atoms with Crippen LogP contribution in [0.3, 0.4) is 0 Å². The Hall–Kier alpha value is -2.20. The van der Waals surface area contributed by atoms with Crippen LogP contribution in [-0.4, -0.2) is 51.5 Å². The molecule has 2 aliphatic rings. The van der Waals surface area contributed by atoms with E-state index in [9.17, 15) is 13.2 Å². The molecule has 0 saturated carbocycles. The summed E-state index contributed by atoms with van der Waals surface area (Å²) in [7, 11) is -3.98. The van der Waals surface area contributed by atoms with Gasteiger partial charge in [-0.25, -0.2) is 8.42 Å². The number of piperidine rings is 1. The third-order valence-corrected chi connectivity index (χ3v) is 8.31. The molecule has 0 aliphatic carbocycles. The second-order valence-electron chi connectivity index (χ2n) is 8.25. The lowest BCUT2D eigenvalue weighted by atomic mass is 9.78. The van der Waals surface area contributed by atoms with E-state index < -0.39 is 21.3 Å². The molecule has 178 valence electrons. The Balaban J connectivity index is 1.60. The summed E-state index contributed by atoms with van der Waals surface area (Å²) in [4.78, 5) is 11.8. The molecule has 1 unspecified atom stereocenters. The Morgan fingerprint density at radius 2 is 1.79 bits per heavy atom. The maximum Gasteiger partial charge on any atom is 0.244 e. The van der Waals surface area contributed by atoms with E-state index in [1.807, 2.05) is 0 Å². The van der Waals surface area contributed by atoms with E-state index in [1.165, 1.54) is 16.4 Å². The Morgan fingerprint density at radius 3 is 2.45 bits per heavy atom. The number of nitrogens with two attached hydrogens (primary N) is 1. The van der Waals surface area contributed by atoms with Crippen molar-refractivity contribution in [1.29, 1.82) is 0 Å². The lowest BCUT2D eigenvalue weighted by molar-refractivity contribution is -0.121. The fraction of sp³-hybridized carbons (Fsp3) is 0.409. The summed E-state index contributed by atoms with van der Waals surface area (Å²) in [6.45, 7) is 1.16. The number of nitrogens with zero attached hydrogens (tertiary/aromatic N) is 1. The monoisotopic (exact) mass is 514 g/mol. The Morgan fingerprint density at radius 1 is 1.12 bits per heavy atom. The molecule has 11 heteroatoms. The van der Waals surface area contributed by atoms with E-state index in [4.69, 9.17) is 43.1 Å². The van der Waals surface area contributed by atoms with Gasteiger partial charge in [0.05, 0.1) is 11.6 Å². The number of rotatable bonds is 7. The molecule has 1 atom stereocenters. The molecular weight excluding hydrogens is 491 g/mol.